The topological polar surface area (TPSA) is 119 Å². The van der Waals surface area contributed by atoms with Crippen molar-refractivity contribution in [2.45, 2.75) is 19.5 Å². The van der Waals surface area contributed by atoms with Gasteiger partial charge in [-0.05, 0) is 12.1 Å². The van der Waals surface area contributed by atoms with Crippen LogP contribution in [0, 0.1) is 5.41 Å². The first-order valence-electron chi connectivity index (χ1n) is 8.51. The third-order valence-corrected chi connectivity index (χ3v) is 4.34. The number of hydrogen-bond acceptors (Lipinski definition) is 7. The highest BCUT2D eigenvalue weighted by Gasteiger charge is 2.24. The number of pyridine rings is 1. The van der Waals surface area contributed by atoms with Crippen molar-refractivity contribution in [1.82, 2.24) is 20.5 Å². The Bertz CT molecular complexity index is 709. The van der Waals surface area contributed by atoms with Crippen LogP contribution in [0.25, 0.3) is 5.57 Å². The number of rotatable bonds is 7. The van der Waals surface area contributed by atoms with Gasteiger partial charge in [0.25, 0.3) is 0 Å². The number of allylic oxidation sites excluding steroid dienone is 1. The van der Waals surface area contributed by atoms with Crippen LogP contribution in [0.15, 0.2) is 35.8 Å². The fourth-order valence-corrected chi connectivity index (χ4v) is 2.89. The van der Waals surface area contributed by atoms with E-state index in [9.17, 15) is 4.79 Å². The van der Waals surface area contributed by atoms with Crippen molar-refractivity contribution in [3.63, 3.8) is 0 Å². The van der Waals surface area contributed by atoms with Gasteiger partial charge in [-0.2, -0.15) is 0 Å². The summed E-state index contributed by atoms with van der Waals surface area (Å²) in [6.07, 6.45) is 4.99. The van der Waals surface area contributed by atoms with E-state index in [1.54, 1.807) is 31.3 Å². The zero-order valence-electron chi connectivity index (χ0n) is 15.5. The molecule has 140 valence electrons. The Morgan fingerprint density at radius 3 is 2.73 bits per heavy atom. The van der Waals surface area contributed by atoms with Gasteiger partial charge in [-0.15, -0.1) is 0 Å². The van der Waals surface area contributed by atoms with Crippen LogP contribution in [0.1, 0.15) is 19.0 Å². The SMILES string of the molecule is CN/C=C(\C=N)c1ccc(NC(N)C2=C(NC)CCN(C(C)=O)C2)cn1. The maximum Gasteiger partial charge on any atom is 0.219 e. The molecule has 0 aromatic carbocycles. The van der Waals surface area contributed by atoms with E-state index >= 15 is 0 Å². The Morgan fingerprint density at radius 2 is 2.19 bits per heavy atom. The van der Waals surface area contributed by atoms with Crippen molar-refractivity contribution < 1.29 is 4.79 Å². The molecule has 0 fully saturated rings. The minimum atomic E-state index is -0.428. The molecule has 8 nitrogen and oxygen atoms in total. The normalized spacial score (nSPS) is 16.2. The first-order chi connectivity index (χ1) is 12.5. The quantitative estimate of drug-likeness (QED) is 0.362. The molecule has 0 saturated carbocycles. The molecular weight excluding hydrogens is 330 g/mol. The van der Waals surface area contributed by atoms with Crippen molar-refractivity contribution in [2.24, 2.45) is 5.73 Å². The van der Waals surface area contributed by atoms with E-state index in [-0.39, 0.29) is 5.91 Å². The van der Waals surface area contributed by atoms with Gasteiger partial charge in [-0.3, -0.25) is 9.78 Å². The number of nitrogens with one attached hydrogen (secondary N) is 4. The molecule has 0 radical (unpaired) electrons. The molecule has 26 heavy (non-hydrogen) atoms. The van der Waals surface area contributed by atoms with Gasteiger partial charge >= 0.3 is 0 Å². The third kappa shape index (κ3) is 4.60. The van der Waals surface area contributed by atoms with E-state index in [0.29, 0.717) is 24.4 Å². The molecule has 6 N–H and O–H groups in total. The van der Waals surface area contributed by atoms with Gasteiger partial charge in [-0.25, -0.2) is 0 Å². The van der Waals surface area contributed by atoms with Crippen LogP contribution >= 0.6 is 0 Å². The molecule has 2 heterocycles. The molecule has 0 bridgehead atoms. The van der Waals surface area contributed by atoms with Crippen LogP contribution in [-0.4, -0.2) is 55.4 Å². The minimum Gasteiger partial charge on any atom is -0.393 e. The first kappa shape index (κ1) is 19.5. The summed E-state index contributed by atoms with van der Waals surface area (Å²) < 4.78 is 0. The molecule has 2 rings (SSSR count). The summed E-state index contributed by atoms with van der Waals surface area (Å²) in [6.45, 7) is 2.78. The number of amides is 1. The summed E-state index contributed by atoms with van der Waals surface area (Å²) in [5, 5.41) is 16.8. The molecule has 1 aromatic rings. The molecule has 1 aromatic heterocycles. The zero-order chi connectivity index (χ0) is 19.1. The number of carbonyl (C=O) groups is 1. The number of nitrogens with two attached hydrogens (primary N) is 1. The van der Waals surface area contributed by atoms with Gasteiger partial charge in [0.2, 0.25) is 5.91 Å². The van der Waals surface area contributed by atoms with Crippen LogP contribution < -0.4 is 21.7 Å². The average Bonchev–Trinajstić information content (AvgIpc) is 2.66. The highest BCUT2D eigenvalue weighted by atomic mass is 16.2. The average molecular weight is 357 g/mol. The van der Waals surface area contributed by atoms with Gasteiger partial charge < -0.3 is 32.0 Å². The second-order valence-electron chi connectivity index (χ2n) is 6.03. The lowest BCUT2D eigenvalue weighted by Crippen LogP contribution is -2.45. The molecule has 1 aliphatic rings. The van der Waals surface area contributed by atoms with E-state index in [0.717, 1.165) is 23.4 Å². The second-order valence-corrected chi connectivity index (χ2v) is 6.03. The molecule has 1 atom stereocenters. The predicted molar refractivity (Wildman–Crippen MR) is 105 cm³/mol. The highest BCUT2D eigenvalue weighted by molar-refractivity contribution is 6.07. The van der Waals surface area contributed by atoms with Gasteiger partial charge in [0.15, 0.2) is 0 Å². The Balaban J connectivity index is 2.14. The Hall–Kier alpha value is -2.87. The van der Waals surface area contributed by atoms with E-state index in [1.165, 1.54) is 6.21 Å². The molecule has 1 unspecified atom stereocenters. The van der Waals surface area contributed by atoms with Crippen molar-refractivity contribution in [3.05, 3.63) is 41.5 Å². The zero-order valence-corrected chi connectivity index (χ0v) is 15.5. The summed E-state index contributed by atoms with van der Waals surface area (Å²) in [4.78, 5) is 17.9. The molecule has 1 amide bonds. The van der Waals surface area contributed by atoms with Crippen LogP contribution in [0.4, 0.5) is 5.69 Å². The number of hydrogen-bond donors (Lipinski definition) is 5. The molecule has 0 saturated heterocycles. The summed E-state index contributed by atoms with van der Waals surface area (Å²) in [5.41, 5.74) is 10.5. The maximum atomic E-state index is 11.7. The number of carbonyl (C=O) groups excluding carboxylic acids is 1. The fraction of sp³-hybridized carbons (Fsp3) is 0.389. The molecule has 0 aliphatic carbocycles. The largest absolute Gasteiger partial charge is 0.393 e. The van der Waals surface area contributed by atoms with Crippen LogP contribution in [0.2, 0.25) is 0 Å². The summed E-state index contributed by atoms with van der Waals surface area (Å²) in [6, 6.07) is 3.71. The number of nitrogens with zero attached hydrogens (tertiary/aromatic N) is 2. The Labute approximate surface area is 154 Å². The smallest absolute Gasteiger partial charge is 0.219 e. The fourth-order valence-electron chi connectivity index (χ4n) is 2.89. The monoisotopic (exact) mass is 357 g/mol. The van der Waals surface area contributed by atoms with Gasteiger partial charge in [-0.1, -0.05) is 0 Å². The van der Waals surface area contributed by atoms with E-state index < -0.39 is 6.17 Å². The summed E-state index contributed by atoms with van der Waals surface area (Å²) in [7, 11) is 3.65. The molecule has 8 heteroatoms. The summed E-state index contributed by atoms with van der Waals surface area (Å²) in [5.74, 6) is 0.0476. The molecular formula is C18H27N7O. The minimum absolute atomic E-state index is 0.0476. The molecule has 0 spiro atoms. The predicted octanol–water partition coefficient (Wildman–Crippen LogP) is 0.714. The first-order valence-corrected chi connectivity index (χ1v) is 8.51. The molecule has 1 aliphatic heterocycles. The van der Waals surface area contributed by atoms with Crippen LogP contribution in [0.5, 0.6) is 0 Å². The maximum absolute atomic E-state index is 11.7. The standard InChI is InChI=1S/C18H27N7O/c1-12(26)25-7-6-17(22-3)15(11-25)18(20)24-14-4-5-16(23-10-14)13(8-19)9-21-2/h4-5,8-10,18-19,21-22,24H,6-7,11,20H2,1-3H3/b13-9+,19-8?. The number of aromatic nitrogens is 1. The van der Waals surface area contributed by atoms with Gasteiger partial charge in [0.1, 0.15) is 6.17 Å². The van der Waals surface area contributed by atoms with Crippen molar-refractivity contribution in [3.8, 4) is 0 Å². The second kappa shape index (κ2) is 9.00. The van der Waals surface area contributed by atoms with E-state index in [2.05, 4.69) is 20.9 Å². The highest BCUT2D eigenvalue weighted by Crippen LogP contribution is 2.20. The van der Waals surface area contributed by atoms with Crippen molar-refractivity contribution >= 4 is 23.4 Å². The third-order valence-electron chi connectivity index (χ3n) is 4.34. The van der Waals surface area contributed by atoms with Crippen molar-refractivity contribution in [2.75, 3.05) is 32.5 Å². The Morgan fingerprint density at radius 1 is 1.42 bits per heavy atom. The lowest BCUT2D eigenvalue weighted by molar-refractivity contribution is -0.128. The number of anilines is 1. The van der Waals surface area contributed by atoms with Crippen LogP contribution in [-0.2, 0) is 4.79 Å². The lowest BCUT2D eigenvalue weighted by atomic mass is 10.0. The van der Waals surface area contributed by atoms with Crippen LogP contribution in [0.3, 0.4) is 0 Å². The van der Waals surface area contributed by atoms with E-state index in [1.807, 2.05) is 19.2 Å². The van der Waals surface area contributed by atoms with Gasteiger partial charge in [0, 0.05) is 69.8 Å². The Kier molecular flexibility index (Phi) is 6.74. The van der Waals surface area contributed by atoms with Crippen molar-refractivity contribution in [1.29, 1.82) is 5.41 Å². The summed E-state index contributed by atoms with van der Waals surface area (Å²) >= 11 is 0. The van der Waals surface area contributed by atoms with Gasteiger partial charge in [0.05, 0.1) is 17.6 Å². The van der Waals surface area contributed by atoms with E-state index in [4.69, 9.17) is 11.1 Å². The lowest BCUT2D eigenvalue weighted by Gasteiger charge is -2.33.